The van der Waals surface area contributed by atoms with Crippen LogP contribution in [-0.4, -0.2) is 57.5 Å². The summed E-state index contributed by atoms with van der Waals surface area (Å²) in [5.74, 6) is 1.18. The zero-order valence-corrected chi connectivity index (χ0v) is 16.9. The van der Waals surface area contributed by atoms with Crippen LogP contribution in [0, 0.1) is 0 Å². The minimum Gasteiger partial charge on any atom is -0.384 e. The first-order valence-corrected chi connectivity index (χ1v) is 10.0. The molecule has 0 radical (unpaired) electrons. The molecule has 0 amide bonds. The van der Waals surface area contributed by atoms with Crippen molar-refractivity contribution in [2.45, 2.75) is 0 Å². The van der Waals surface area contributed by atoms with Crippen molar-refractivity contribution in [2.24, 2.45) is 0 Å². The first-order valence-electron chi connectivity index (χ1n) is 10.0. The zero-order chi connectivity index (χ0) is 20.5. The Balaban J connectivity index is 1.40. The van der Waals surface area contributed by atoms with Crippen LogP contribution in [0.1, 0.15) is 0 Å². The quantitative estimate of drug-likeness (QED) is 0.545. The Hall–Kier alpha value is -3.65. The average molecular weight is 400 g/mol. The van der Waals surface area contributed by atoms with Gasteiger partial charge in [0.25, 0.3) is 0 Å². The van der Waals surface area contributed by atoms with Crippen molar-refractivity contribution < 1.29 is 0 Å². The molecule has 8 nitrogen and oxygen atoms in total. The fraction of sp³-hybridized carbons (Fsp3) is 0.227. The summed E-state index contributed by atoms with van der Waals surface area (Å²) in [4.78, 5) is 18.0. The number of nitrogens with two attached hydrogens (primary N) is 1. The number of nitrogen functional groups attached to an aromatic ring is 1. The second kappa shape index (κ2) is 7.64. The van der Waals surface area contributed by atoms with E-state index in [2.05, 4.69) is 61.4 Å². The van der Waals surface area contributed by atoms with Gasteiger partial charge in [-0.1, -0.05) is 0 Å². The molecule has 1 fully saturated rings. The summed E-state index contributed by atoms with van der Waals surface area (Å²) in [5, 5.41) is 3.40. The highest BCUT2D eigenvalue weighted by molar-refractivity contribution is 5.75. The SMILES string of the molecule is CN1CCN(c2ccc(Nc3ncc(-c4ccnc(N)c4)n4ccnc34)cc2)CC1. The molecule has 1 saturated heterocycles. The van der Waals surface area contributed by atoms with E-state index >= 15 is 0 Å². The molecular formula is C22H24N8. The van der Waals surface area contributed by atoms with Crippen LogP contribution < -0.4 is 16.0 Å². The number of pyridine rings is 1. The Labute approximate surface area is 175 Å². The molecule has 0 saturated carbocycles. The molecule has 3 aromatic heterocycles. The molecule has 1 aromatic carbocycles. The van der Waals surface area contributed by atoms with Gasteiger partial charge in [-0.3, -0.25) is 4.40 Å². The van der Waals surface area contributed by atoms with Crippen LogP contribution >= 0.6 is 0 Å². The van der Waals surface area contributed by atoms with E-state index in [1.165, 1.54) is 5.69 Å². The summed E-state index contributed by atoms with van der Waals surface area (Å²) in [6.45, 7) is 4.30. The van der Waals surface area contributed by atoms with E-state index in [4.69, 9.17) is 5.73 Å². The number of hydrogen-bond donors (Lipinski definition) is 2. The molecule has 1 aliphatic heterocycles. The van der Waals surface area contributed by atoms with Crippen molar-refractivity contribution in [3.63, 3.8) is 0 Å². The summed E-state index contributed by atoms with van der Waals surface area (Å²) in [6, 6.07) is 12.2. The highest BCUT2D eigenvalue weighted by Gasteiger charge is 2.15. The van der Waals surface area contributed by atoms with Crippen LogP contribution in [0.5, 0.6) is 0 Å². The summed E-state index contributed by atoms with van der Waals surface area (Å²) in [7, 11) is 2.17. The minimum absolute atomic E-state index is 0.475. The molecule has 3 N–H and O–H groups in total. The van der Waals surface area contributed by atoms with E-state index in [9.17, 15) is 0 Å². The molecule has 8 heteroatoms. The lowest BCUT2D eigenvalue weighted by Gasteiger charge is -2.34. The van der Waals surface area contributed by atoms with Gasteiger partial charge in [-0.2, -0.15) is 0 Å². The van der Waals surface area contributed by atoms with Gasteiger partial charge in [0, 0.05) is 61.7 Å². The molecule has 152 valence electrons. The van der Waals surface area contributed by atoms with Gasteiger partial charge in [0.1, 0.15) is 5.82 Å². The van der Waals surface area contributed by atoms with E-state index in [0.29, 0.717) is 11.6 Å². The molecular weight excluding hydrogens is 376 g/mol. The van der Waals surface area contributed by atoms with Crippen molar-refractivity contribution >= 4 is 28.7 Å². The fourth-order valence-electron chi connectivity index (χ4n) is 3.79. The minimum atomic E-state index is 0.475. The molecule has 0 bridgehead atoms. The van der Waals surface area contributed by atoms with Gasteiger partial charge in [0.2, 0.25) is 0 Å². The lowest BCUT2D eigenvalue weighted by molar-refractivity contribution is 0.313. The highest BCUT2D eigenvalue weighted by atomic mass is 15.2. The second-order valence-electron chi connectivity index (χ2n) is 7.54. The third-order valence-electron chi connectivity index (χ3n) is 5.50. The van der Waals surface area contributed by atoms with Crippen LogP contribution in [-0.2, 0) is 0 Å². The van der Waals surface area contributed by atoms with Crippen molar-refractivity contribution in [2.75, 3.05) is 49.2 Å². The molecule has 1 aliphatic rings. The Bertz CT molecular complexity index is 1160. The van der Waals surface area contributed by atoms with Gasteiger partial charge in [0.15, 0.2) is 11.5 Å². The topological polar surface area (TPSA) is 87.6 Å². The predicted molar refractivity (Wildman–Crippen MR) is 120 cm³/mol. The Morgan fingerprint density at radius 3 is 2.50 bits per heavy atom. The van der Waals surface area contributed by atoms with Crippen LogP contribution in [0.25, 0.3) is 16.9 Å². The maximum absolute atomic E-state index is 5.85. The number of piperazine rings is 1. The molecule has 0 atom stereocenters. The Kier molecular flexibility index (Phi) is 4.68. The molecule has 4 heterocycles. The molecule has 0 aliphatic carbocycles. The number of anilines is 4. The van der Waals surface area contributed by atoms with Crippen molar-refractivity contribution in [3.8, 4) is 11.3 Å². The van der Waals surface area contributed by atoms with E-state index in [1.807, 2.05) is 28.9 Å². The molecule has 5 rings (SSSR count). The number of benzene rings is 1. The third kappa shape index (κ3) is 3.53. The standard InChI is InChI=1S/C22H24N8/c1-28-10-12-29(13-11-28)18-4-2-17(3-5-18)27-21-22-25-8-9-30(22)19(15-26-21)16-6-7-24-20(23)14-16/h2-9,14-15H,10-13H2,1H3,(H2,23,24)(H,26,27). The van der Waals surface area contributed by atoms with Crippen molar-refractivity contribution in [3.05, 3.63) is 61.2 Å². The smallest absolute Gasteiger partial charge is 0.180 e. The van der Waals surface area contributed by atoms with Crippen LogP contribution in [0.2, 0.25) is 0 Å². The lowest BCUT2D eigenvalue weighted by atomic mass is 10.2. The number of aromatic nitrogens is 4. The number of hydrogen-bond acceptors (Lipinski definition) is 7. The molecule has 4 aromatic rings. The maximum Gasteiger partial charge on any atom is 0.180 e. The Morgan fingerprint density at radius 2 is 1.73 bits per heavy atom. The van der Waals surface area contributed by atoms with Crippen LogP contribution in [0.3, 0.4) is 0 Å². The van der Waals surface area contributed by atoms with Crippen LogP contribution in [0.4, 0.5) is 23.0 Å². The van der Waals surface area contributed by atoms with Gasteiger partial charge >= 0.3 is 0 Å². The number of imidazole rings is 1. The second-order valence-corrected chi connectivity index (χ2v) is 7.54. The normalized spacial score (nSPS) is 14.9. The number of fused-ring (bicyclic) bond motifs is 1. The highest BCUT2D eigenvalue weighted by Crippen LogP contribution is 2.27. The zero-order valence-electron chi connectivity index (χ0n) is 16.9. The predicted octanol–water partition coefficient (Wildman–Crippen LogP) is 2.87. The van der Waals surface area contributed by atoms with E-state index in [0.717, 1.165) is 48.8 Å². The van der Waals surface area contributed by atoms with Gasteiger partial charge in [0.05, 0.1) is 11.9 Å². The molecule has 0 unspecified atom stereocenters. The monoisotopic (exact) mass is 400 g/mol. The van der Waals surface area contributed by atoms with E-state index in [1.54, 1.807) is 12.4 Å². The average Bonchev–Trinajstić information content (AvgIpc) is 3.26. The molecule has 30 heavy (non-hydrogen) atoms. The number of rotatable bonds is 4. The van der Waals surface area contributed by atoms with E-state index in [-0.39, 0.29) is 0 Å². The first kappa shape index (κ1) is 18.4. The summed E-state index contributed by atoms with van der Waals surface area (Å²) in [5.41, 5.74) is 10.7. The third-order valence-corrected chi connectivity index (χ3v) is 5.50. The summed E-state index contributed by atoms with van der Waals surface area (Å²) < 4.78 is 2.00. The summed E-state index contributed by atoms with van der Waals surface area (Å²) in [6.07, 6.45) is 7.21. The van der Waals surface area contributed by atoms with Gasteiger partial charge in [-0.15, -0.1) is 0 Å². The number of nitrogens with one attached hydrogen (secondary N) is 1. The van der Waals surface area contributed by atoms with Gasteiger partial charge in [-0.05, 0) is 43.4 Å². The largest absolute Gasteiger partial charge is 0.384 e. The van der Waals surface area contributed by atoms with Crippen molar-refractivity contribution in [1.82, 2.24) is 24.3 Å². The summed E-state index contributed by atoms with van der Waals surface area (Å²) >= 11 is 0. The number of nitrogens with zero attached hydrogens (tertiary/aromatic N) is 6. The van der Waals surface area contributed by atoms with E-state index < -0.39 is 0 Å². The van der Waals surface area contributed by atoms with Crippen LogP contribution in [0.15, 0.2) is 61.2 Å². The number of likely N-dealkylation sites (N-methyl/N-ethyl adjacent to an activating group) is 1. The molecule has 0 spiro atoms. The first-order chi connectivity index (χ1) is 14.7. The lowest BCUT2D eigenvalue weighted by Crippen LogP contribution is -2.44. The van der Waals surface area contributed by atoms with Gasteiger partial charge < -0.3 is 20.9 Å². The maximum atomic E-state index is 5.85. The fourth-order valence-corrected chi connectivity index (χ4v) is 3.79. The van der Waals surface area contributed by atoms with Gasteiger partial charge in [-0.25, -0.2) is 15.0 Å². The Morgan fingerprint density at radius 1 is 0.933 bits per heavy atom. The van der Waals surface area contributed by atoms with Crippen molar-refractivity contribution in [1.29, 1.82) is 0 Å².